The number of phosphoric acid groups is 1. The Hall–Kier alpha value is -0.853. The Balaban J connectivity index is 0.00000612. The van der Waals surface area contributed by atoms with Crippen molar-refractivity contribution in [2.24, 2.45) is 0 Å². The van der Waals surface area contributed by atoms with E-state index in [4.69, 9.17) is 4.52 Å². The predicted molar refractivity (Wildman–Crippen MR) is 150 cm³/mol. The molecule has 35 heavy (non-hydrogen) atoms. The van der Waals surface area contributed by atoms with Gasteiger partial charge in [0.05, 0.1) is 0 Å². The molecule has 0 spiro atoms. The summed E-state index contributed by atoms with van der Waals surface area (Å²) in [5.74, 6) is 0. The number of hydrogen-bond donors (Lipinski definition) is 2. The van der Waals surface area contributed by atoms with Crippen molar-refractivity contribution in [1.82, 2.24) is 0 Å². The first-order valence-corrected chi connectivity index (χ1v) is 13.6. The van der Waals surface area contributed by atoms with Crippen LogP contribution in [0.5, 0.6) is 0 Å². The molecule has 0 amide bonds. The van der Waals surface area contributed by atoms with Crippen molar-refractivity contribution < 1.29 is 18.9 Å². The summed E-state index contributed by atoms with van der Waals surface area (Å²) >= 11 is 0. The summed E-state index contributed by atoms with van der Waals surface area (Å²) in [7, 11) is -4.78. The van der Waals surface area contributed by atoms with Crippen molar-refractivity contribution in [2.45, 2.75) is 111 Å². The van der Waals surface area contributed by atoms with Crippen LogP contribution in [0.3, 0.4) is 0 Å². The van der Waals surface area contributed by atoms with E-state index in [-0.39, 0.29) is 40.5 Å². The summed E-state index contributed by atoms with van der Waals surface area (Å²) in [6, 6.07) is 12.5. The van der Waals surface area contributed by atoms with Crippen molar-refractivity contribution in [2.75, 3.05) is 0 Å². The summed E-state index contributed by atoms with van der Waals surface area (Å²) in [6.07, 6.45) is -0.896. The van der Waals surface area contributed by atoms with Crippen molar-refractivity contribution in [1.29, 1.82) is 0 Å². The first kappa shape index (κ1) is 32.2. The molecule has 6 heteroatoms. The van der Waals surface area contributed by atoms with Gasteiger partial charge < -0.3 is 9.79 Å². The van der Waals surface area contributed by atoms with Gasteiger partial charge in [0, 0.05) is 0 Å². The predicted octanol–water partition coefficient (Wildman–Crippen LogP) is 7.43. The average Bonchev–Trinajstić information content (AvgIpc) is 2.62. The van der Waals surface area contributed by atoms with E-state index in [9.17, 15) is 14.4 Å². The zero-order chi connectivity index (χ0) is 26.5. The zero-order valence-electron chi connectivity index (χ0n) is 23.2. The monoisotopic (exact) mass is 496 g/mol. The molecule has 2 aromatic carbocycles. The second-order valence-electron chi connectivity index (χ2n) is 13.7. The first-order chi connectivity index (χ1) is 15.0. The van der Waals surface area contributed by atoms with Gasteiger partial charge in [0.2, 0.25) is 0 Å². The van der Waals surface area contributed by atoms with E-state index >= 15 is 0 Å². The molecule has 0 bridgehead atoms. The third kappa shape index (κ3) is 8.89. The zero-order valence-corrected chi connectivity index (χ0v) is 24.1. The molecule has 0 atom stereocenters. The SMILES string of the molecule is CC(C)(C)c1cc(C(OP(=O)(O)O)c2cc(C(C)(C)C)cc(C(C)(C)C)c2)cc(C(C)(C)C)c1.[LiH]. The molecule has 2 rings (SSSR count). The molecule has 192 valence electrons. The molecule has 2 N–H and O–H groups in total. The van der Waals surface area contributed by atoms with E-state index in [1.54, 1.807) is 0 Å². The van der Waals surface area contributed by atoms with E-state index in [1.165, 1.54) is 0 Å². The molecule has 0 aliphatic heterocycles. The Morgan fingerprint density at radius 2 is 0.800 bits per heavy atom. The molecular formula is C29H46LiO4P. The van der Waals surface area contributed by atoms with Crippen LogP contribution in [-0.2, 0) is 30.7 Å². The number of phosphoric ester groups is 1. The quantitative estimate of drug-likeness (QED) is 0.341. The van der Waals surface area contributed by atoms with Gasteiger partial charge in [0.15, 0.2) is 0 Å². The van der Waals surface area contributed by atoms with Crippen LogP contribution in [0.25, 0.3) is 0 Å². The minimum atomic E-state index is -4.78. The van der Waals surface area contributed by atoms with Crippen molar-refractivity contribution in [3.8, 4) is 0 Å². The van der Waals surface area contributed by atoms with Gasteiger partial charge in [0.1, 0.15) is 6.10 Å². The molecule has 0 aliphatic rings. The van der Waals surface area contributed by atoms with Gasteiger partial charge in [0.25, 0.3) is 0 Å². The number of benzene rings is 2. The molecule has 0 aromatic heterocycles. The van der Waals surface area contributed by atoms with Crippen LogP contribution in [-0.4, -0.2) is 28.6 Å². The fourth-order valence-corrected chi connectivity index (χ4v) is 4.31. The molecule has 4 nitrogen and oxygen atoms in total. The van der Waals surface area contributed by atoms with Crippen molar-refractivity contribution in [3.05, 3.63) is 69.8 Å². The maximum atomic E-state index is 12.2. The maximum absolute atomic E-state index is 12.2. The van der Waals surface area contributed by atoms with Gasteiger partial charge in [-0.25, -0.2) is 4.57 Å². The van der Waals surface area contributed by atoms with Gasteiger partial charge in [-0.1, -0.05) is 119 Å². The summed E-state index contributed by atoms with van der Waals surface area (Å²) < 4.78 is 17.7. The van der Waals surface area contributed by atoms with Gasteiger partial charge >= 0.3 is 26.7 Å². The third-order valence-corrected chi connectivity index (χ3v) is 6.71. The average molecular weight is 497 g/mol. The Kier molecular flexibility index (Phi) is 9.64. The molecule has 0 radical (unpaired) electrons. The number of hydrogen-bond acceptors (Lipinski definition) is 2. The number of rotatable bonds is 4. The van der Waals surface area contributed by atoms with E-state index in [2.05, 4.69) is 95.2 Å². The Morgan fingerprint density at radius 3 is 0.971 bits per heavy atom. The standard InChI is InChI=1S/C29H45O4P.Li.H/c1-26(2,3)21-13-19(14-22(17-21)27(4,5)6)25(33-34(30,31)32)20-15-23(28(7,8)9)18-24(16-20)29(10,11)12;;/h13-18,25H,1-12H3,(H2,30,31,32);;. The Labute approximate surface area is 225 Å². The van der Waals surface area contributed by atoms with Crippen LogP contribution in [0, 0.1) is 0 Å². The minimum absolute atomic E-state index is 0. The van der Waals surface area contributed by atoms with Gasteiger partial charge in [-0.15, -0.1) is 0 Å². The van der Waals surface area contributed by atoms with Gasteiger partial charge in [-0.3, -0.25) is 4.52 Å². The molecule has 0 fully saturated rings. The van der Waals surface area contributed by atoms with Crippen molar-refractivity contribution in [3.63, 3.8) is 0 Å². The van der Waals surface area contributed by atoms with Crippen molar-refractivity contribution >= 4 is 26.7 Å². The first-order valence-electron chi connectivity index (χ1n) is 12.0. The van der Waals surface area contributed by atoms with Crippen LogP contribution in [0.4, 0.5) is 0 Å². The van der Waals surface area contributed by atoms with Gasteiger partial charge in [-0.2, -0.15) is 0 Å². The van der Waals surface area contributed by atoms with Crippen LogP contribution in [0.15, 0.2) is 36.4 Å². The van der Waals surface area contributed by atoms with Crippen LogP contribution in [0.2, 0.25) is 0 Å². The molecular weight excluding hydrogens is 450 g/mol. The summed E-state index contributed by atoms with van der Waals surface area (Å²) in [5.41, 5.74) is 5.42. The van der Waals surface area contributed by atoms with Gasteiger partial charge in [-0.05, 0) is 55.0 Å². The molecule has 0 heterocycles. The third-order valence-electron chi connectivity index (χ3n) is 6.22. The van der Waals surface area contributed by atoms with E-state index in [1.807, 2.05) is 24.3 Å². The second kappa shape index (κ2) is 10.5. The second-order valence-corrected chi connectivity index (χ2v) is 14.9. The van der Waals surface area contributed by atoms with E-state index < -0.39 is 13.9 Å². The summed E-state index contributed by atoms with van der Waals surface area (Å²) in [6.45, 7) is 25.8. The molecule has 2 aromatic rings. The van der Waals surface area contributed by atoms with Crippen LogP contribution < -0.4 is 0 Å². The fourth-order valence-electron chi connectivity index (χ4n) is 3.79. The summed E-state index contributed by atoms with van der Waals surface area (Å²) in [5, 5.41) is 0. The Morgan fingerprint density at radius 1 is 0.571 bits per heavy atom. The molecule has 0 saturated carbocycles. The topological polar surface area (TPSA) is 66.8 Å². The van der Waals surface area contributed by atoms with E-state index in [0.717, 1.165) is 33.4 Å². The molecule has 0 unspecified atom stereocenters. The van der Waals surface area contributed by atoms with Crippen LogP contribution >= 0.6 is 7.82 Å². The fraction of sp³-hybridized carbons (Fsp3) is 0.586. The summed E-state index contributed by atoms with van der Waals surface area (Å²) in [4.78, 5) is 19.8. The normalized spacial score (nSPS) is 13.7. The molecule has 0 aliphatic carbocycles. The molecule has 0 saturated heterocycles. The van der Waals surface area contributed by atoms with Crippen LogP contribution in [0.1, 0.15) is 123 Å². The Bertz CT molecular complexity index is 934. The van der Waals surface area contributed by atoms with E-state index in [0.29, 0.717) is 0 Å².